The van der Waals surface area contributed by atoms with E-state index in [1.165, 1.54) is 12.2 Å². The highest BCUT2D eigenvalue weighted by Gasteiger charge is 1.92. The van der Waals surface area contributed by atoms with E-state index in [2.05, 4.69) is 0 Å². The summed E-state index contributed by atoms with van der Waals surface area (Å²) in [6.07, 6.45) is 6.33. The molecule has 0 amide bonds. The maximum absolute atomic E-state index is 12.5. The second-order valence-electron chi connectivity index (χ2n) is 1.78. The summed E-state index contributed by atoms with van der Waals surface area (Å²) < 4.78 is 12.5. The molecular formula is C8H12FN. The van der Waals surface area contributed by atoms with Crippen LogP contribution in [0.15, 0.2) is 35.8 Å². The highest BCUT2D eigenvalue weighted by Crippen LogP contribution is 2.03. The summed E-state index contributed by atoms with van der Waals surface area (Å²) in [4.78, 5) is 0. The molecule has 2 heteroatoms. The quantitative estimate of drug-likeness (QED) is 0.586. The van der Waals surface area contributed by atoms with Crippen LogP contribution >= 0.6 is 0 Å². The lowest BCUT2D eigenvalue weighted by molar-refractivity contribution is 0.646. The van der Waals surface area contributed by atoms with Gasteiger partial charge in [-0.05, 0) is 26.0 Å². The maximum atomic E-state index is 12.5. The molecule has 0 bridgehead atoms. The second kappa shape index (κ2) is 4.79. The molecular weight excluding hydrogens is 129 g/mol. The van der Waals surface area contributed by atoms with Gasteiger partial charge >= 0.3 is 0 Å². The van der Waals surface area contributed by atoms with Crippen LogP contribution in [-0.4, -0.2) is 0 Å². The SMILES string of the molecule is C\C=C/C=C(N)\C(F)=C/C. The van der Waals surface area contributed by atoms with E-state index in [-0.39, 0.29) is 11.5 Å². The minimum absolute atomic E-state index is 0.167. The lowest BCUT2D eigenvalue weighted by Crippen LogP contribution is -1.95. The van der Waals surface area contributed by atoms with Crippen molar-refractivity contribution in [2.75, 3.05) is 0 Å². The van der Waals surface area contributed by atoms with Crippen molar-refractivity contribution < 1.29 is 4.39 Å². The van der Waals surface area contributed by atoms with Gasteiger partial charge in [-0.2, -0.15) is 0 Å². The highest BCUT2D eigenvalue weighted by atomic mass is 19.1. The van der Waals surface area contributed by atoms with E-state index in [9.17, 15) is 4.39 Å². The number of hydrogen-bond acceptors (Lipinski definition) is 1. The molecule has 10 heavy (non-hydrogen) atoms. The molecule has 1 nitrogen and oxygen atoms in total. The summed E-state index contributed by atoms with van der Waals surface area (Å²) in [5.41, 5.74) is 5.45. The Kier molecular flexibility index (Phi) is 4.29. The zero-order valence-corrected chi connectivity index (χ0v) is 6.26. The number of rotatable bonds is 2. The lowest BCUT2D eigenvalue weighted by Gasteiger charge is -1.92. The molecule has 0 unspecified atom stereocenters. The van der Waals surface area contributed by atoms with E-state index < -0.39 is 0 Å². The minimum atomic E-state index is -0.377. The van der Waals surface area contributed by atoms with Crippen LogP contribution in [0.1, 0.15) is 13.8 Å². The van der Waals surface area contributed by atoms with E-state index in [0.29, 0.717) is 0 Å². The van der Waals surface area contributed by atoms with Gasteiger partial charge in [-0.3, -0.25) is 0 Å². The molecule has 0 aromatic rings. The van der Waals surface area contributed by atoms with Gasteiger partial charge in [-0.25, -0.2) is 4.39 Å². The Labute approximate surface area is 60.7 Å². The summed E-state index contributed by atoms with van der Waals surface area (Å²) in [7, 11) is 0. The fourth-order valence-electron chi connectivity index (χ4n) is 0.446. The molecule has 56 valence electrons. The summed E-state index contributed by atoms with van der Waals surface area (Å²) in [5.74, 6) is -0.377. The molecule has 0 aliphatic heterocycles. The maximum Gasteiger partial charge on any atom is 0.141 e. The van der Waals surface area contributed by atoms with Crippen molar-refractivity contribution in [1.82, 2.24) is 0 Å². The van der Waals surface area contributed by atoms with Crippen molar-refractivity contribution in [3.63, 3.8) is 0 Å². The molecule has 0 atom stereocenters. The number of hydrogen-bond donors (Lipinski definition) is 1. The Hall–Kier alpha value is -1.05. The Morgan fingerprint density at radius 1 is 1.40 bits per heavy atom. The molecule has 0 saturated carbocycles. The zero-order valence-electron chi connectivity index (χ0n) is 6.26. The summed E-state index contributed by atoms with van der Waals surface area (Å²) in [6, 6.07) is 0. The number of halogens is 1. The molecule has 0 aromatic carbocycles. The predicted octanol–water partition coefficient (Wildman–Crippen LogP) is 2.28. The first-order chi connectivity index (χ1) is 4.72. The van der Waals surface area contributed by atoms with Gasteiger partial charge in [0.1, 0.15) is 5.83 Å². The van der Waals surface area contributed by atoms with Gasteiger partial charge in [-0.15, -0.1) is 0 Å². The van der Waals surface area contributed by atoms with Crippen LogP contribution in [0, 0.1) is 0 Å². The summed E-state index contributed by atoms with van der Waals surface area (Å²) in [6.45, 7) is 3.45. The van der Waals surface area contributed by atoms with Crippen molar-refractivity contribution in [2.45, 2.75) is 13.8 Å². The normalized spacial score (nSPS) is 14.7. The predicted molar refractivity (Wildman–Crippen MR) is 41.9 cm³/mol. The van der Waals surface area contributed by atoms with E-state index in [4.69, 9.17) is 5.73 Å². The van der Waals surface area contributed by atoms with Gasteiger partial charge in [0, 0.05) is 0 Å². The average Bonchev–Trinajstić information content (AvgIpc) is 1.98. The Morgan fingerprint density at radius 2 is 2.00 bits per heavy atom. The molecule has 0 radical (unpaired) electrons. The van der Waals surface area contributed by atoms with E-state index in [0.717, 1.165) is 0 Å². The third-order valence-corrected chi connectivity index (χ3v) is 0.997. The van der Waals surface area contributed by atoms with Crippen molar-refractivity contribution in [1.29, 1.82) is 0 Å². The highest BCUT2D eigenvalue weighted by molar-refractivity contribution is 5.25. The first-order valence-corrected chi connectivity index (χ1v) is 3.13. The number of allylic oxidation sites excluding steroid dienone is 5. The topological polar surface area (TPSA) is 26.0 Å². The monoisotopic (exact) mass is 141 g/mol. The van der Waals surface area contributed by atoms with E-state index in [1.807, 2.05) is 6.92 Å². The average molecular weight is 141 g/mol. The van der Waals surface area contributed by atoms with Crippen LogP contribution in [-0.2, 0) is 0 Å². The van der Waals surface area contributed by atoms with Crippen molar-refractivity contribution in [3.8, 4) is 0 Å². The van der Waals surface area contributed by atoms with Crippen molar-refractivity contribution >= 4 is 0 Å². The molecule has 0 aliphatic carbocycles. The van der Waals surface area contributed by atoms with Crippen LogP contribution in [0.5, 0.6) is 0 Å². The third-order valence-electron chi connectivity index (χ3n) is 0.997. The second-order valence-corrected chi connectivity index (χ2v) is 1.78. The molecule has 2 N–H and O–H groups in total. The van der Waals surface area contributed by atoms with Gasteiger partial charge in [0.05, 0.1) is 5.70 Å². The van der Waals surface area contributed by atoms with Crippen LogP contribution in [0.25, 0.3) is 0 Å². The van der Waals surface area contributed by atoms with Crippen LogP contribution in [0.4, 0.5) is 4.39 Å². The van der Waals surface area contributed by atoms with Crippen LogP contribution < -0.4 is 5.73 Å². The Balaban J connectivity index is 4.19. The molecule has 0 aliphatic rings. The smallest absolute Gasteiger partial charge is 0.141 e. The Bertz CT molecular complexity index is 178. The van der Waals surface area contributed by atoms with Crippen molar-refractivity contribution in [3.05, 3.63) is 35.8 Å². The van der Waals surface area contributed by atoms with E-state index >= 15 is 0 Å². The van der Waals surface area contributed by atoms with Gasteiger partial charge in [0.25, 0.3) is 0 Å². The van der Waals surface area contributed by atoms with Crippen LogP contribution in [0.2, 0.25) is 0 Å². The van der Waals surface area contributed by atoms with Gasteiger partial charge in [0.15, 0.2) is 0 Å². The third kappa shape index (κ3) is 3.07. The summed E-state index contributed by atoms with van der Waals surface area (Å²) in [5, 5.41) is 0. The van der Waals surface area contributed by atoms with Gasteiger partial charge in [-0.1, -0.05) is 12.2 Å². The van der Waals surface area contributed by atoms with Gasteiger partial charge in [0.2, 0.25) is 0 Å². The standard InChI is InChI=1S/C8H12FN/c1-3-5-6-8(10)7(9)4-2/h3-6H,10H2,1-2H3/b5-3-,7-4+,8-6+. The largest absolute Gasteiger partial charge is 0.396 e. The van der Waals surface area contributed by atoms with E-state index in [1.54, 1.807) is 19.1 Å². The first-order valence-electron chi connectivity index (χ1n) is 3.13. The van der Waals surface area contributed by atoms with Gasteiger partial charge < -0.3 is 5.73 Å². The number of nitrogens with two attached hydrogens (primary N) is 1. The molecule has 0 aromatic heterocycles. The fourth-order valence-corrected chi connectivity index (χ4v) is 0.446. The zero-order chi connectivity index (χ0) is 7.98. The molecule has 0 rings (SSSR count). The molecule has 0 spiro atoms. The molecule has 0 saturated heterocycles. The minimum Gasteiger partial charge on any atom is -0.396 e. The molecule has 0 heterocycles. The fraction of sp³-hybridized carbons (Fsp3) is 0.250. The van der Waals surface area contributed by atoms with Crippen LogP contribution in [0.3, 0.4) is 0 Å². The first kappa shape index (κ1) is 8.95. The summed E-state index contributed by atoms with van der Waals surface area (Å²) >= 11 is 0. The lowest BCUT2D eigenvalue weighted by atomic mass is 10.3. The molecule has 0 fully saturated rings. The Morgan fingerprint density at radius 3 is 2.40 bits per heavy atom. The van der Waals surface area contributed by atoms with Crippen molar-refractivity contribution in [2.24, 2.45) is 5.73 Å².